The molecule has 0 radical (unpaired) electrons. The van der Waals surface area contributed by atoms with Crippen molar-refractivity contribution in [3.63, 3.8) is 0 Å². The van der Waals surface area contributed by atoms with Crippen LogP contribution >= 0.6 is 0 Å². The first kappa shape index (κ1) is 44.4. The fraction of sp³-hybridized carbons (Fsp3) is 0.147. The van der Waals surface area contributed by atoms with Crippen molar-refractivity contribution in [2.24, 2.45) is 5.41 Å². The molecule has 356 valence electrons. The molecule has 0 N–H and O–H groups in total. The molecule has 0 aliphatic carbocycles. The summed E-state index contributed by atoms with van der Waals surface area (Å²) < 4.78 is 40.3. The van der Waals surface area contributed by atoms with E-state index in [0.717, 1.165) is 87.1 Å². The van der Waals surface area contributed by atoms with Gasteiger partial charge in [0.1, 0.15) is 5.82 Å². The second-order valence-corrected chi connectivity index (χ2v) is 20.0. The van der Waals surface area contributed by atoms with Gasteiger partial charge in [0.15, 0.2) is 0 Å². The first-order chi connectivity index (χ1) is 36.8. The summed E-state index contributed by atoms with van der Waals surface area (Å²) in [7, 11) is 0. The number of rotatable bonds is 14. The Bertz CT molecular complexity index is 3570. The molecule has 3 heterocycles. The molecular formula is C68H57FN4. The second kappa shape index (κ2) is 21.4. The van der Waals surface area contributed by atoms with Crippen LogP contribution in [0.25, 0.3) is 78.3 Å². The zero-order chi connectivity index (χ0) is 52.8. The summed E-state index contributed by atoms with van der Waals surface area (Å²) in [5, 5.41) is 9.92. The van der Waals surface area contributed by atoms with E-state index in [4.69, 9.17) is 4.11 Å². The number of hydrogen-bond donors (Lipinski definition) is 0. The minimum absolute atomic E-state index is 0.178. The second-order valence-electron chi connectivity index (χ2n) is 20.0. The largest absolute Gasteiger partial charge is 0.256 e. The van der Waals surface area contributed by atoms with Gasteiger partial charge in [-0.3, -0.25) is 15.0 Å². The number of pyridine rings is 3. The minimum atomic E-state index is -2.27. The Kier molecular flexibility index (Phi) is 13.0. The van der Waals surface area contributed by atoms with Crippen molar-refractivity contribution < 1.29 is 8.50 Å². The van der Waals surface area contributed by atoms with Gasteiger partial charge in [0.25, 0.3) is 0 Å². The van der Waals surface area contributed by atoms with E-state index in [1.54, 1.807) is 24.3 Å². The molecule has 3 aromatic heterocycles. The van der Waals surface area contributed by atoms with Crippen LogP contribution in [0.15, 0.2) is 213 Å². The van der Waals surface area contributed by atoms with E-state index in [1.807, 2.05) is 99.9 Å². The number of aromatic nitrogens is 3. The number of nitriles is 1. The standard InChI is InChI=1S/C68H57FN4/c1-46-15-36-66(73-45-46)55-32-35-61(62(42-55)52-30-28-51(29-31-52)59-34-33-56(44-70)63(67(59)69)43-68(2,3)4)60-12-6-5-11-58(60)57-40-49(18-16-47-20-24-53(25-21-47)64-13-7-9-37-71-64)39-50(41-57)19-17-48-22-26-54(27-23-48)65-14-8-10-38-72-65/h5-15,20-42,45H,16-19,43H2,1-4H3/i1D3. The van der Waals surface area contributed by atoms with Gasteiger partial charge in [-0.25, -0.2) is 4.39 Å². The van der Waals surface area contributed by atoms with Crippen LogP contribution in [0.3, 0.4) is 0 Å². The number of hydrogen-bond acceptors (Lipinski definition) is 4. The highest BCUT2D eigenvalue weighted by Gasteiger charge is 2.22. The third-order valence-electron chi connectivity index (χ3n) is 13.5. The first-order valence-corrected chi connectivity index (χ1v) is 24.9. The van der Waals surface area contributed by atoms with Gasteiger partial charge in [0, 0.05) is 50.5 Å². The first-order valence-electron chi connectivity index (χ1n) is 26.4. The van der Waals surface area contributed by atoms with Gasteiger partial charge >= 0.3 is 0 Å². The van der Waals surface area contributed by atoms with Crippen LogP contribution in [-0.2, 0) is 32.1 Å². The highest BCUT2D eigenvalue weighted by atomic mass is 19.1. The molecule has 0 atom stereocenters. The van der Waals surface area contributed by atoms with E-state index >= 15 is 4.39 Å². The molecule has 0 aliphatic rings. The lowest BCUT2D eigenvalue weighted by atomic mass is 9.84. The number of nitrogens with zero attached hydrogens (tertiary/aromatic N) is 4. The third-order valence-corrected chi connectivity index (χ3v) is 13.5. The molecule has 0 fully saturated rings. The maximum absolute atomic E-state index is 16.5. The molecule has 10 rings (SSSR count). The van der Waals surface area contributed by atoms with E-state index in [2.05, 4.69) is 124 Å². The van der Waals surface area contributed by atoms with Crippen molar-refractivity contribution in [2.45, 2.75) is 59.7 Å². The van der Waals surface area contributed by atoms with Gasteiger partial charge in [0.05, 0.1) is 28.7 Å². The Morgan fingerprint density at radius 3 is 1.49 bits per heavy atom. The van der Waals surface area contributed by atoms with Crippen molar-refractivity contribution in [3.05, 3.63) is 257 Å². The van der Waals surface area contributed by atoms with E-state index in [0.29, 0.717) is 34.4 Å². The molecule has 0 spiro atoms. The van der Waals surface area contributed by atoms with Crippen LogP contribution < -0.4 is 0 Å². The Labute approximate surface area is 433 Å². The fourth-order valence-electron chi connectivity index (χ4n) is 9.73. The predicted molar refractivity (Wildman–Crippen MR) is 298 cm³/mol. The topological polar surface area (TPSA) is 62.5 Å². The molecule has 0 unspecified atom stereocenters. The summed E-state index contributed by atoms with van der Waals surface area (Å²) in [5.74, 6) is -0.372. The lowest BCUT2D eigenvalue weighted by molar-refractivity contribution is 0.402. The summed E-state index contributed by atoms with van der Waals surface area (Å²) in [6.45, 7) is 3.86. The fourth-order valence-corrected chi connectivity index (χ4v) is 9.73. The number of benzene rings is 7. The summed E-state index contributed by atoms with van der Waals surface area (Å²) in [6.07, 6.45) is 8.94. The normalized spacial score (nSPS) is 12.1. The number of halogens is 1. The van der Waals surface area contributed by atoms with Gasteiger partial charge in [-0.05, 0) is 154 Å². The highest BCUT2D eigenvalue weighted by Crippen LogP contribution is 2.42. The molecule has 10 aromatic rings. The molecule has 0 saturated heterocycles. The van der Waals surface area contributed by atoms with Gasteiger partial charge < -0.3 is 0 Å². The molecule has 5 heteroatoms. The zero-order valence-corrected chi connectivity index (χ0v) is 41.4. The average Bonchev–Trinajstić information content (AvgIpc) is 3.45. The van der Waals surface area contributed by atoms with Crippen LogP contribution in [0.5, 0.6) is 0 Å². The van der Waals surface area contributed by atoms with Crippen molar-refractivity contribution >= 4 is 0 Å². The lowest BCUT2D eigenvalue weighted by Gasteiger charge is -2.20. The summed E-state index contributed by atoms with van der Waals surface area (Å²) in [6, 6.07) is 68.2. The van der Waals surface area contributed by atoms with Crippen molar-refractivity contribution in [2.75, 3.05) is 0 Å². The number of aryl methyl sites for hydroxylation is 5. The summed E-state index contributed by atoms with van der Waals surface area (Å²) >= 11 is 0. The van der Waals surface area contributed by atoms with E-state index in [-0.39, 0.29) is 16.8 Å². The van der Waals surface area contributed by atoms with E-state index in [9.17, 15) is 5.26 Å². The molecule has 0 saturated carbocycles. The lowest BCUT2D eigenvalue weighted by Crippen LogP contribution is -2.12. The van der Waals surface area contributed by atoms with Gasteiger partial charge in [-0.1, -0.05) is 172 Å². The van der Waals surface area contributed by atoms with Crippen LogP contribution in [0.4, 0.5) is 4.39 Å². The third kappa shape index (κ3) is 11.3. The Hall–Kier alpha value is -8.59. The van der Waals surface area contributed by atoms with Crippen LogP contribution in [-0.4, -0.2) is 15.0 Å². The van der Waals surface area contributed by atoms with E-state index in [1.165, 1.54) is 28.5 Å². The molecular weight excluding hydrogens is 892 g/mol. The molecule has 7 aromatic carbocycles. The molecule has 0 bridgehead atoms. The predicted octanol–water partition coefficient (Wildman–Crippen LogP) is 17.0. The monoisotopic (exact) mass is 951 g/mol. The average molecular weight is 952 g/mol. The van der Waals surface area contributed by atoms with Crippen molar-refractivity contribution in [1.29, 1.82) is 5.26 Å². The molecule has 0 aliphatic heterocycles. The summed E-state index contributed by atoms with van der Waals surface area (Å²) in [4.78, 5) is 13.7. The Balaban J connectivity index is 1.04. The summed E-state index contributed by atoms with van der Waals surface area (Å²) in [5.41, 5.74) is 18.6. The van der Waals surface area contributed by atoms with Crippen LogP contribution in [0.1, 0.15) is 63.8 Å². The quantitative estimate of drug-likeness (QED) is 0.109. The molecule has 4 nitrogen and oxygen atoms in total. The van der Waals surface area contributed by atoms with Crippen LogP contribution in [0.2, 0.25) is 0 Å². The molecule has 73 heavy (non-hydrogen) atoms. The van der Waals surface area contributed by atoms with Gasteiger partial charge in [0.2, 0.25) is 0 Å². The highest BCUT2D eigenvalue weighted by molar-refractivity contribution is 5.94. The minimum Gasteiger partial charge on any atom is -0.256 e. The van der Waals surface area contributed by atoms with Crippen LogP contribution in [0, 0.1) is 29.4 Å². The SMILES string of the molecule is [2H]C([2H])([2H])c1ccc(-c2ccc(-c3ccccc3-c3cc(CCc4ccc(-c5ccccn5)cc4)cc(CCc4ccc(-c5ccccn5)cc4)c3)c(-c3ccc(-c4ccc(C#N)c(CC(C)(C)C)c4F)cc3)c2)nc1. The maximum Gasteiger partial charge on any atom is 0.135 e. The van der Waals surface area contributed by atoms with Gasteiger partial charge in [-0.15, -0.1) is 0 Å². The van der Waals surface area contributed by atoms with Crippen molar-refractivity contribution in [1.82, 2.24) is 15.0 Å². The van der Waals surface area contributed by atoms with Gasteiger partial charge in [-0.2, -0.15) is 5.26 Å². The Morgan fingerprint density at radius 2 is 0.959 bits per heavy atom. The maximum atomic E-state index is 16.5. The smallest absolute Gasteiger partial charge is 0.135 e. The Morgan fingerprint density at radius 1 is 0.452 bits per heavy atom. The van der Waals surface area contributed by atoms with Crippen molar-refractivity contribution in [3.8, 4) is 84.3 Å². The van der Waals surface area contributed by atoms with E-state index < -0.39 is 6.85 Å². The molecule has 0 amide bonds. The zero-order valence-electron chi connectivity index (χ0n) is 44.4.